The van der Waals surface area contributed by atoms with Gasteiger partial charge in [-0.1, -0.05) is 24.0 Å². The summed E-state index contributed by atoms with van der Waals surface area (Å²) in [5, 5.41) is 22.7. The molecule has 12 heavy (non-hydrogen) atoms. The smallest absolute Gasteiger partial charge is 0.209 e. The van der Waals surface area contributed by atoms with Crippen molar-refractivity contribution in [1.82, 2.24) is 20.2 Å². The normalized spacial score (nSPS) is 10.1. The summed E-state index contributed by atoms with van der Waals surface area (Å²) in [6.07, 6.45) is 0. The largest absolute Gasteiger partial charge is 0.394 e. The number of aromatic nitrogens is 4. The standard InChI is InChI=1S/C5H7N4OS2/c10-2-1-9-5(6-7-8-9)12-4-3-11/h10H,1-2,4H2. The van der Waals surface area contributed by atoms with Crippen molar-refractivity contribution in [2.45, 2.75) is 11.7 Å². The molecule has 0 unspecified atom stereocenters. The second-order valence-electron chi connectivity index (χ2n) is 1.84. The van der Waals surface area contributed by atoms with E-state index in [0.29, 0.717) is 17.5 Å². The van der Waals surface area contributed by atoms with Crippen LogP contribution >= 0.6 is 24.0 Å². The Morgan fingerprint density at radius 2 is 2.50 bits per heavy atom. The SMILES string of the molecule is OCCn1nnnc1SC[C]=S. The number of thiocarbonyl (C=S) groups is 1. The second-order valence-corrected chi connectivity index (χ2v) is 3.07. The van der Waals surface area contributed by atoms with Gasteiger partial charge in [0.15, 0.2) is 0 Å². The molecule has 0 amide bonds. The van der Waals surface area contributed by atoms with Crippen LogP contribution in [-0.2, 0) is 6.54 Å². The van der Waals surface area contributed by atoms with Crippen LogP contribution in [0.25, 0.3) is 0 Å². The van der Waals surface area contributed by atoms with Gasteiger partial charge in [0.25, 0.3) is 0 Å². The fourth-order valence-electron chi connectivity index (χ4n) is 0.629. The van der Waals surface area contributed by atoms with Gasteiger partial charge in [-0.2, -0.15) is 0 Å². The van der Waals surface area contributed by atoms with Gasteiger partial charge >= 0.3 is 0 Å². The maximum atomic E-state index is 8.63. The van der Waals surface area contributed by atoms with E-state index in [-0.39, 0.29) is 6.61 Å². The Labute approximate surface area is 79.2 Å². The molecule has 0 atom stereocenters. The molecule has 0 aliphatic carbocycles. The average Bonchev–Trinajstić information content (AvgIpc) is 2.50. The Bertz CT molecular complexity index is 251. The lowest BCUT2D eigenvalue weighted by molar-refractivity contribution is 0.262. The van der Waals surface area contributed by atoms with E-state index < -0.39 is 0 Å². The summed E-state index contributed by atoms with van der Waals surface area (Å²) < 4.78 is 1.53. The molecule has 0 fully saturated rings. The number of aliphatic hydroxyl groups excluding tert-OH is 1. The molecule has 65 valence electrons. The Morgan fingerprint density at radius 1 is 1.67 bits per heavy atom. The quantitative estimate of drug-likeness (QED) is 0.520. The van der Waals surface area contributed by atoms with Crippen LogP contribution in [0.2, 0.25) is 0 Å². The van der Waals surface area contributed by atoms with Crippen molar-refractivity contribution in [3.05, 3.63) is 0 Å². The maximum absolute atomic E-state index is 8.63. The summed E-state index contributed by atoms with van der Waals surface area (Å²) in [4.78, 5) is 0. The monoisotopic (exact) mass is 203 g/mol. The van der Waals surface area contributed by atoms with Crippen molar-refractivity contribution in [3.63, 3.8) is 0 Å². The molecule has 0 aliphatic heterocycles. The van der Waals surface area contributed by atoms with Gasteiger partial charge in [-0.15, -0.1) is 5.10 Å². The Kier molecular flexibility index (Phi) is 4.12. The van der Waals surface area contributed by atoms with Gasteiger partial charge in [-0.05, 0) is 10.4 Å². The van der Waals surface area contributed by atoms with Gasteiger partial charge in [0, 0.05) is 11.1 Å². The van der Waals surface area contributed by atoms with Crippen LogP contribution in [0.5, 0.6) is 0 Å². The minimum atomic E-state index is 0.0277. The minimum Gasteiger partial charge on any atom is -0.394 e. The van der Waals surface area contributed by atoms with Crippen LogP contribution in [0.3, 0.4) is 0 Å². The number of aliphatic hydroxyl groups is 1. The third-order valence-corrected chi connectivity index (χ3v) is 2.24. The highest BCUT2D eigenvalue weighted by Crippen LogP contribution is 2.11. The highest BCUT2D eigenvalue weighted by atomic mass is 32.2. The van der Waals surface area contributed by atoms with E-state index in [9.17, 15) is 0 Å². The Morgan fingerprint density at radius 3 is 3.17 bits per heavy atom. The molecular weight excluding hydrogens is 196 g/mol. The van der Waals surface area contributed by atoms with Crippen molar-refractivity contribution in [2.75, 3.05) is 12.4 Å². The molecule has 0 spiro atoms. The van der Waals surface area contributed by atoms with Crippen molar-refractivity contribution < 1.29 is 5.11 Å². The first kappa shape index (κ1) is 9.56. The van der Waals surface area contributed by atoms with Crippen molar-refractivity contribution in [2.24, 2.45) is 0 Å². The molecule has 0 bridgehead atoms. The van der Waals surface area contributed by atoms with Gasteiger partial charge < -0.3 is 5.11 Å². The zero-order valence-corrected chi connectivity index (χ0v) is 7.81. The number of tetrazole rings is 1. The van der Waals surface area contributed by atoms with Crippen LogP contribution in [0.15, 0.2) is 5.16 Å². The summed E-state index contributed by atoms with van der Waals surface area (Å²) in [6, 6.07) is 0. The molecule has 1 rings (SSSR count). The highest BCUT2D eigenvalue weighted by Gasteiger charge is 2.03. The summed E-state index contributed by atoms with van der Waals surface area (Å²) in [7, 11) is 0. The molecule has 0 aliphatic rings. The van der Waals surface area contributed by atoms with Crippen molar-refractivity contribution in [1.29, 1.82) is 0 Å². The molecule has 1 heterocycles. The fourth-order valence-corrected chi connectivity index (χ4v) is 1.36. The third kappa shape index (κ3) is 2.50. The molecule has 0 saturated carbocycles. The first-order valence-corrected chi connectivity index (χ1v) is 4.62. The van der Waals surface area contributed by atoms with Crippen LogP contribution in [0.4, 0.5) is 0 Å². The highest BCUT2D eigenvalue weighted by molar-refractivity contribution is 8.00. The molecule has 0 aromatic carbocycles. The molecule has 7 heteroatoms. The number of nitrogens with zero attached hydrogens (tertiary/aromatic N) is 4. The van der Waals surface area contributed by atoms with Gasteiger partial charge in [0.1, 0.15) is 0 Å². The first-order chi connectivity index (χ1) is 5.88. The van der Waals surface area contributed by atoms with E-state index in [1.807, 2.05) is 0 Å². The summed E-state index contributed by atoms with van der Waals surface area (Å²) in [5.41, 5.74) is 0. The van der Waals surface area contributed by atoms with Crippen molar-refractivity contribution >= 4 is 29.3 Å². The lowest BCUT2D eigenvalue weighted by Crippen LogP contribution is -2.05. The molecule has 5 nitrogen and oxygen atoms in total. The molecule has 1 radical (unpaired) electrons. The topological polar surface area (TPSA) is 63.8 Å². The average molecular weight is 203 g/mol. The molecule has 1 aromatic rings. The third-order valence-electron chi connectivity index (χ3n) is 1.07. The summed E-state index contributed by atoms with van der Waals surface area (Å²) in [5.74, 6) is 0.571. The van der Waals surface area contributed by atoms with E-state index in [2.05, 4.69) is 33.1 Å². The number of rotatable bonds is 5. The van der Waals surface area contributed by atoms with Gasteiger partial charge in [0.2, 0.25) is 5.16 Å². The van der Waals surface area contributed by atoms with Gasteiger partial charge in [-0.25, -0.2) is 4.68 Å². The lowest BCUT2D eigenvalue weighted by Gasteiger charge is -1.98. The zero-order chi connectivity index (χ0) is 8.81. The van der Waals surface area contributed by atoms with Crippen molar-refractivity contribution in [3.8, 4) is 0 Å². The van der Waals surface area contributed by atoms with E-state index >= 15 is 0 Å². The van der Waals surface area contributed by atoms with Crippen LogP contribution in [-0.4, -0.2) is 43.0 Å². The number of hydrogen-bond donors (Lipinski definition) is 1. The molecule has 0 saturated heterocycles. The van der Waals surface area contributed by atoms with Crippen LogP contribution in [0, 0.1) is 0 Å². The Balaban J connectivity index is 2.56. The van der Waals surface area contributed by atoms with Gasteiger partial charge in [0.05, 0.1) is 13.2 Å². The van der Waals surface area contributed by atoms with Crippen LogP contribution < -0.4 is 0 Å². The second kappa shape index (κ2) is 5.18. The van der Waals surface area contributed by atoms with E-state index in [0.717, 1.165) is 0 Å². The molecule has 1 aromatic heterocycles. The first-order valence-electron chi connectivity index (χ1n) is 3.23. The summed E-state index contributed by atoms with van der Waals surface area (Å²) >= 11 is 5.93. The van der Waals surface area contributed by atoms with E-state index in [1.54, 1.807) is 0 Å². The van der Waals surface area contributed by atoms with E-state index in [1.165, 1.54) is 16.4 Å². The maximum Gasteiger partial charge on any atom is 0.209 e. The predicted octanol–water partition coefficient (Wildman–Crippen LogP) is -0.366. The predicted molar refractivity (Wildman–Crippen MR) is 48.2 cm³/mol. The van der Waals surface area contributed by atoms with Gasteiger partial charge in [-0.3, -0.25) is 0 Å². The number of thioether (sulfide) groups is 1. The van der Waals surface area contributed by atoms with Crippen LogP contribution in [0.1, 0.15) is 0 Å². The molecule has 1 N–H and O–H groups in total. The lowest BCUT2D eigenvalue weighted by atomic mass is 10.7. The van der Waals surface area contributed by atoms with E-state index in [4.69, 9.17) is 5.11 Å². The Hall–Kier alpha value is -0.530. The number of hydrogen-bond acceptors (Lipinski definition) is 6. The summed E-state index contributed by atoms with van der Waals surface area (Å²) in [6.45, 7) is 0.437. The zero-order valence-electron chi connectivity index (χ0n) is 6.17. The fraction of sp³-hybridized carbons (Fsp3) is 0.600. The molecular formula is C5H7N4OS2. The minimum absolute atomic E-state index is 0.0277.